The molecule has 0 saturated carbocycles. The summed E-state index contributed by atoms with van der Waals surface area (Å²) in [7, 11) is 0. The van der Waals surface area contributed by atoms with Crippen LogP contribution in [0.25, 0.3) is 0 Å². The summed E-state index contributed by atoms with van der Waals surface area (Å²) in [6, 6.07) is 14.6. The zero-order valence-corrected chi connectivity index (χ0v) is 19.1. The fourth-order valence-electron chi connectivity index (χ4n) is 3.47. The van der Waals surface area contributed by atoms with Crippen LogP contribution in [-0.4, -0.2) is 47.1 Å². The highest BCUT2D eigenvalue weighted by Crippen LogP contribution is 2.07. The Bertz CT molecular complexity index is 831. The number of hydrogen-bond acceptors (Lipinski definition) is 3. The average molecular weight is 412 g/mol. The Balaban J connectivity index is 1.92. The van der Waals surface area contributed by atoms with Gasteiger partial charge in [0.05, 0.1) is 13.1 Å². The third-order valence-electron chi connectivity index (χ3n) is 5.03. The predicted octanol–water partition coefficient (Wildman–Crippen LogP) is 3.07. The number of rotatable bonds is 10. The van der Waals surface area contributed by atoms with Gasteiger partial charge in [0, 0.05) is 44.0 Å². The number of benzene rings is 1. The highest BCUT2D eigenvalue weighted by Gasteiger charge is 2.12. The van der Waals surface area contributed by atoms with E-state index in [2.05, 4.69) is 74.4 Å². The lowest BCUT2D eigenvalue weighted by atomic mass is 10.1. The van der Waals surface area contributed by atoms with Crippen molar-refractivity contribution in [3.8, 4) is 0 Å². The Morgan fingerprint density at radius 1 is 1.00 bits per heavy atom. The highest BCUT2D eigenvalue weighted by atomic mass is 16.1. The molecule has 0 fully saturated rings. The van der Waals surface area contributed by atoms with Crippen molar-refractivity contribution < 1.29 is 0 Å². The van der Waals surface area contributed by atoms with E-state index in [0.29, 0.717) is 25.2 Å². The lowest BCUT2D eigenvalue weighted by molar-refractivity contribution is 0.178. The zero-order chi connectivity index (χ0) is 21.9. The third-order valence-corrected chi connectivity index (χ3v) is 5.03. The Morgan fingerprint density at radius 2 is 1.67 bits per heavy atom. The molecule has 0 amide bonds. The lowest BCUT2D eigenvalue weighted by Gasteiger charge is -2.30. The maximum Gasteiger partial charge on any atom is 0.250 e. The van der Waals surface area contributed by atoms with Crippen molar-refractivity contribution >= 4 is 5.96 Å². The molecule has 0 aliphatic carbocycles. The standard InChI is InChI=1S/C24H37N5O/c1-6-25-24(26-14-16-29(19(2)3)20(4)5)27-17-21-10-12-22(13-11-21)18-28-15-8-7-9-23(28)30/h7-13,15,19-20H,6,14,16-18H2,1-5H3,(H2,25,26,27). The van der Waals surface area contributed by atoms with Gasteiger partial charge in [-0.05, 0) is 51.8 Å². The van der Waals surface area contributed by atoms with E-state index in [-0.39, 0.29) is 5.56 Å². The van der Waals surface area contributed by atoms with Crippen LogP contribution in [0.4, 0.5) is 0 Å². The summed E-state index contributed by atoms with van der Waals surface area (Å²) in [5.74, 6) is 0.838. The van der Waals surface area contributed by atoms with E-state index in [0.717, 1.165) is 36.7 Å². The molecule has 1 heterocycles. The molecule has 1 aromatic heterocycles. The van der Waals surface area contributed by atoms with E-state index < -0.39 is 0 Å². The van der Waals surface area contributed by atoms with Crippen LogP contribution in [0.5, 0.6) is 0 Å². The molecule has 0 unspecified atom stereocenters. The minimum atomic E-state index is 0.0148. The van der Waals surface area contributed by atoms with E-state index in [1.165, 1.54) is 0 Å². The zero-order valence-electron chi connectivity index (χ0n) is 19.1. The van der Waals surface area contributed by atoms with Crippen LogP contribution < -0.4 is 16.2 Å². The molecule has 2 rings (SSSR count). The second-order valence-corrected chi connectivity index (χ2v) is 8.03. The number of aliphatic imine (C=N–C) groups is 1. The van der Waals surface area contributed by atoms with Crippen molar-refractivity contribution in [2.75, 3.05) is 19.6 Å². The van der Waals surface area contributed by atoms with Gasteiger partial charge in [0.1, 0.15) is 0 Å². The molecule has 2 N–H and O–H groups in total. The van der Waals surface area contributed by atoms with Crippen LogP contribution in [0.1, 0.15) is 45.7 Å². The summed E-state index contributed by atoms with van der Waals surface area (Å²) in [4.78, 5) is 19.0. The fraction of sp³-hybridized carbons (Fsp3) is 0.500. The molecule has 2 aromatic rings. The number of nitrogens with zero attached hydrogens (tertiary/aromatic N) is 3. The largest absolute Gasteiger partial charge is 0.357 e. The van der Waals surface area contributed by atoms with Crippen LogP contribution in [0, 0.1) is 0 Å². The van der Waals surface area contributed by atoms with Crippen molar-refractivity contribution in [2.45, 2.75) is 59.8 Å². The van der Waals surface area contributed by atoms with Gasteiger partial charge in [0.15, 0.2) is 5.96 Å². The second-order valence-electron chi connectivity index (χ2n) is 8.03. The molecule has 0 spiro atoms. The quantitative estimate of drug-likeness (QED) is 0.466. The van der Waals surface area contributed by atoms with Gasteiger partial charge in [0.25, 0.3) is 5.56 Å². The van der Waals surface area contributed by atoms with Crippen LogP contribution in [0.15, 0.2) is 58.4 Å². The van der Waals surface area contributed by atoms with Crippen LogP contribution in [0.2, 0.25) is 0 Å². The highest BCUT2D eigenvalue weighted by molar-refractivity contribution is 5.79. The van der Waals surface area contributed by atoms with E-state index in [1.54, 1.807) is 16.7 Å². The first-order valence-corrected chi connectivity index (χ1v) is 10.9. The van der Waals surface area contributed by atoms with Crippen molar-refractivity contribution in [1.29, 1.82) is 0 Å². The third kappa shape index (κ3) is 7.67. The van der Waals surface area contributed by atoms with Crippen molar-refractivity contribution in [1.82, 2.24) is 20.1 Å². The topological polar surface area (TPSA) is 61.7 Å². The smallest absolute Gasteiger partial charge is 0.250 e. The van der Waals surface area contributed by atoms with E-state index >= 15 is 0 Å². The Hall–Kier alpha value is -2.60. The summed E-state index contributed by atoms with van der Waals surface area (Å²) in [5, 5.41) is 6.76. The molecule has 164 valence electrons. The maximum absolute atomic E-state index is 11.9. The van der Waals surface area contributed by atoms with Gasteiger partial charge in [0.2, 0.25) is 0 Å². The van der Waals surface area contributed by atoms with E-state index in [1.807, 2.05) is 12.3 Å². The minimum absolute atomic E-state index is 0.0148. The monoisotopic (exact) mass is 411 g/mol. The number of pyridine rings is 1. The normalized spacial score (nSPS) is 12.1. The van der Waals surface area contributed by atoms with Crippen LogP contribution >= 0.6 is 0 Å². The number of hydrogen-bond donors (Lipinski definition) is 2. The van der Waals surface area contributed by atoms with Crippen LogP contribution in [-0.2, 0) is 13.1 Å². The predicted molar refractivity (Wildman–Crippen MR) is 126 cm³/mol. The van der Waals surface area contributed by atoms with Crippen molar-refractivity contribution in [3.63, 3.8) is 0 Å². The van der Waals surface area contributed by atoms with Gasteiger partial charge in [-0.25, -0.2) is 4.99 Å². The van der Waals surface area contributed by atoms with Gasteiger partial charge in [-0.15, -0.1) is 0 Å². The van der Waals surface area contributed by atoms with E-state index in [9.17, 15) is 4.79 Å². The molecule has 0 atom stereocenters. The molecule has 1 aromatic carbocycles. The first-order chi connectivity index (χ1) is 14.4. The molecule has 30 heavy (non-hydrogen) atoms. The van der Waals surface area contributed by atoms with Crippen LogP contribution in [0.3, 0.4) is 0 Å². The molecule has 6 nitrogen and oxygen atoms in total. The van der Waals surface area contributed by atoms with Gasteiger partial charge in [-0.1, -0.05) is 30.3 Å². The van der Waals surface area contributed by atoms with Crippen molar-refractivity contribution in [2.24, 2.45) is 4.99 Å². The Kier molecular flexibility index (Phi) is 9.61. The fourth-order valence-corrected chi connectivity index (χ4v) is 3.47. The number of nitrogens with one attached hydrogen (secondary N) is 2. The molecule has 0 saturated heterocycles. The molecular weight excluding hydrogens is 374 g/mol. The van der Waals surface area contributed by atoms with Crippen molar-refractivity contribution in [3.05, 3.63) is 70.1 Å². The molecule has 0 aliphatic heterocycles. The lowest BCUT2D eigenvalue weighted by Crippen LogP contribution is -2.45. The summed E-state index contributed by atoms with van der Waals surface area (Å²) >= 11 is 0. The Morgan fingerprint density at radius 3 is 2.27 bits per heavy atom. The molecule has 0 bridgehead atoms. The van der Waals surface area contributed by atoms with E-state index in [4.69, 9.17) is 4.99 Å². The summed E-state index contributed by atoms with van der Waals surface area (Å²) in [5.41, 5.74) is 2.26. The number of guanidine groups is 1. The second kappa shape index (κ2) is 12.2. The molecule has 0 radical (unpaired) electrons. The summed E-state index contributed by atoms with van der Waals surface area (Å²) < 4.78 is 1.71. The average Bonchev–Trinajstić information content (AvgIpc) is 2.71. The Labute approximate surface area is 181 Å². The molecule has 0 aliphatic rings. The van der Waals surface area contributed by atoms with Gasteiger partial charge < -0.3 is 15.2 Å². The molecule has 6 heteroatoms. The minimum Gasteiger partial charge on any atom is -0.357 e. The summed E-state index contributed by atoms with van der Waals surface area (Å²) in [6.07, 6.45) is 1.81. The van der Waals surface area contributed by atoms with Gasteiger partial charge >= 0.3 is 0 Å². The molecular formula is C24H37N5O. The first kappa shape index (κ1) is 23.7. The maximum atomic E-state index is 11.9. The number of aromatic nitrogens is 1. The first-order valence-electron chi connectivity index (χ1n) is 10.9. The van der Waals surface area contributed by atoms with Gasteiger partial charge in [-0.3, -0.25) is 9.69 Å². The van der Waals surface area contributed by atoms with Gasteiger partial charge in [-0.2, -0.15) is 0 Å². The summed E-state index contributed by atoms with van der Waals surface area (Å²) in [6.45, 7) is 14.9. The SMILES string of the molecule is CCNC(=NCc1ccc(Cn2ccccc2=O)cc1)NCCN(C(C)C)C(C)C.